The number of ether oxygens (including phenoxy) is 2. The fraction of sp³-hybridized carbons (Fsp3) is 0.444. The second-order valence-corrected chi connectivity index (χ2v) is 7.37. The van der Waals surface area contributed by atoms with Gasteiger partial charge < -0.3 is 14.6 Å². The van der Waals surface area contributed by atoms with Gasteiger partial charge in [-0.15, -0.1) is 0 Å². The Morgan fingerprint density at radius 3 is 2.58 bits per heavy atom. The highest BCUT2D eigenvalue weighted by Gasteiger charge is 2.30. The number of piperidine rings is 1. The predicted molar refractivity (Wildman–Crippen MR) is 99.3 cm³/mol. The Kier molecular flexibility index (Phi) is 4.69. The minimum absolute atomic E-state index is 0.0661. The molecule has 0 aliphatic carbocycles. The number of hydrogen-bond donors (Lipinski definition) is 1. The molecule has 0 spiro atoms. The van der Waals surface area contributed by atoms with Crippen LogP contribution in [0.2, 0.25) is 0 Å². The van der Waals surface area contributed by atoms with Crippen LogP contribution in [-0.4, -0.2) is 51.9 Å². The van der Waals surface area contributed by atoms with Gasteiger partial charge in [0.05, 0.1) is 25.1 Å². The minimum Gasteiger partial charge on any atom is -0.493 e. The number of rotatable bonds is 5. The Labute approximate surface area is 155 Å². The molecular formula is C18H22N4O3S. The van der Waals surface area contributed by atoms with Crippen molar-refractivity contribution < 1.29 is 14.6 Å². The quantitative estimate of drug-likeness (QED) is 0.740. The highest BCUT2D eigenvalue weighted by molar-refractivity contribution is 7.17. The first-order valence-corrected chi connectivity index (χ1v) is 9.52. The van der Waals surface area contributed by atoms with Crippen LogP contribution in [0.25, 0.3) is 4.96 Å². The third-order valence-electron chi connectivity index (χ3n) is 4.87. The molecule has 2 aromatic heterocycles. The van der Waals surface area contributed by atoms with Crippen LogP contribution < -0.4 is 9.47 Å². The summed E-state index contributed by atoms with van der Waals surface area (Å²) in [6, 6.07) is 5.88. The van der Waals surface area contributed by atoms with Crippen LogP contribution in [0, 0.1) is 0 Å². The van der Waals surface area contributed by atoms with Crippen LogP contribution >= 0.6 is 11.3 Å². The van der Waals surface area contributed by atoms with E-state index in [1.165, 1.54) is 28.6 Å². The number of fused-ring (bicyclic) bond motifs is 1. The van der Waals surface area contributed by atoms with E-state index in [2.05, 4.69) is 15.0 Å². The third kappa shape index (κ3) is 2.89. The van der Waals surface area contributed by atoms with Crippen molar-refractivity contribution in [2.45, 2.75) is 25.3 Å². The maximum absolute atomic E-state index is 10.8. The van der Waals surface area contributed by atoms with Crippen LogP contribution in [-0.2, 0) is 0 Å². The Bertz CT molecular complexity index is 901. The minimum atomic E-state index is -0.0661. The molecule has 1 N–H and O–H groups in total. The van der Waals surface area contributed by atoms with Gasteiger partial charge in [-0.1, -0.05) is 23.8 Å². The molecule has 1 fully saturated rings. The first-order valence-electron chi connectivity index (χ1n) is 8.70. The molecule has 1 unspecified atom stereocenters. The number of nitrogens with zero attached hydrogens (tertiary/aromatic N) is 4. The van der Waals surface area contributed by atoms with Gasteiger partial charge in [-0.2, -0.15) is 9.61 Å². The van der Waals surface area contributed by atoms with Crippen LogP contribution in [0.5, 0.6) is 17.4 Å². The standard InChI is InChI=1S/C18H22N4O3S/c1-24-13-7-6-12(10-14(13)25-2)15(21-8-4-3-5-9-21)16-17(23)22-18(26-16)19-11-20-22/h6-7,10-11,15,23H,3-5,8-9H2,1-2H3. The van der Waals surface area contributed by atoms with Crippen LogP contribution in [0.15, 0.2) is 24.5 Å². The molecule has 0 bridgehead atoms. The molecule has 1 saturated heterocycles. The van der Waals surface area contributed by atoms with Crippen molar-refractivity contribution in [2.24, 2.45) is 0 Å². The molecule has 138 valence electrons. The summed E-state index contributed by atoms with van der Waals surface area (Å²) in [5.74, 6) is 1.54. The molecule has 7 nitrogen and oxygen atoms in total. The van der Waals surface area contributed by atoms with Gasteiger partial charge in [0.2, 0.25) is 10.8 Å². The second-order valence-electron chi connectivity index (χ2n) is 6.36. The van der Waals surface area contributed by atoms with Gasteiger partial charge in [-0.3, -0.25) is 4.90 Å². The van der Waals surface area contributed by atoms with E-state index < -0.39 is 0 Å². The second kappa shape index (κ2) is 7.13. The summed E-state index contributed by atoms with van der Waals surface area (Å²) in [7, 11) is 3.27. The largest absolute Gasteiger partial charge is 0.493 e. The average molecular weight is 374 g/mol. The van der Waals surface area contributed by atoms with Gasteiger partial charge in [-0.25, -0.2) is 4.98 Å². The predicted octanol–water partition coefficient (Wildman–Crippen LogP) is 3.09. The maximum atomic E-state index is 10.8. The molecule has 3 heterocycles. The lowest BCUT2D eigenvalue weighted by atomic mass is 10.00. The molecule has 0 radical (unpaired) electrons. The summed E-state index contributed by atoms with van der Waals surface area (Å²) < 4.78 is 12.4. The van der Waals surface area contributed by atoms with E-state index in [9.17, 15) is 5.11 Å². The molecule has 1 aliphatic rings. The molecule has 26 heavy (non-hydrogen) atoms. The van der Waals surface area contributed by atoms with Gasteiger partial charge in [0.1, 0.15) is 6.33 Å². The van der Waals surface area contributed by atoms with E-state index in [0.717, 1.165) is 36.4 Å². The number of benzene rings is 1. The number of likely N-dealkylation sites (tertiary alicyclic amines) is 1. The SMILES string of the molecule is COc1ccc(C(c2sc3ncnn3c2O)N2CCCCC2)cc1OC. The molecular weight excluding hydrogens is 352 g/mol. The van der Waals surface area contributed by atoms with E-state index in [-0.39, 0.29) is 11.9 Å². The summed E-state index contributed by atoms with van der Waals surface area (Å²) >= 11 is 1.48. The van der Waals surface area contributed by atoms with Crippen LogP contribution in [0.3, 0.4) is 0 Å². The van der Waals surface area contributed by atoms with Crippen molar-refractivity contribution in [2.75, 3.05) is 27.3 Å². The number of aromatic hydroxyl groups is 1. The molecule has 8 heteroatoms. The number of hydrogen-bond acceptors (Lipinski definition) is 7. The Hall–Kier alpha value is -2.32. The summed E-state index contributed by atoms with van der Waals surface area (Å²) in [6.07, 6.45) is 5.02. The fourth-order valence-electron chi connectivity index (χ4n) is 3.60. The summed E-state index contributed by atoms with van der Waals surface area (Å²) in [5, 5.41) is 14.9. The van der Waals surface area contributed by atoms with Crippen LogP contribution in [0.4, 0.5) is 0 Å². The number of thiazole rings is 1. The Balaban J connectivity index is 1.83. The monoisotopic (exact) mass is 374 g/mol. The van der Waals surface area contributed by atoms with Crippen LogP contribution in [0.1, 0.15) is 35.7 Å². The Morgan fingerprint density at radius 2 is 1.88 bits per heavy atom. The molecule has 3 aromatic rings. The highest BCUT2D eigenvalue weighted by Crippen LogP contribution is 2.42. The summed E-state index contributed by atoms with van der Waals surface area (Å²) in [5.41, 5.74) is 1.06. The molecule has 1 aromatic carbocycles. The van der Waals surface area contributed by atoms with E-state index in [1.54, 1.807) is 14.2 Å². The van der Waals surface area contributed by atoms with Crippen molar-refractivity contribution in [3.05, 3.63) is 35.0 Å². The highest BCUT2D eigenvalue weighted by atomic mass is 32.1. The van der Waals surface area contributed by atoms with Gasteiger partial charge in [0.25, 0.3) is 0 Å². The fourth-order valence-corrected chi connectivity index (χ4v) is 4.69. The van der Waals surface area contributed by atoms with Gasteiger partial charge in [0.15, 0.2) is 11.5 Å². The van der Waals surface area contributed by atoms with Gasteiger partial charge in [0, 0.05) is 0 Å². The van der Waals surface area contributed by atoms with E-state index in [4.69, 9.17) is 9.47 Å². The smallest absolute Gasteiger partial charge is 0.230 e. The zero-order valence-electron chi connectivity index (χ0n) is 14.9. The van der Waals surface area contributed by atoms with Crippen molar-refractivity contribution in [3.8, 4) is 17.4 Å². The molecule has 0 saturated carbocycles. The topological polar surface area (TPSA) is 72.1 Å². The first kappa shape index (κ1) is 17.1. The number of aromatic nitrogens is 3. The molecule has 0 amide bonds. The summed E-state index contributed by atoms with van der Waals surface area (Å²) in [4.78, 5) is 8.19. The zero-order valence-corrected chi connectivity index (χ0v) is 15.7. The molecule has 1 aliphatic heterocycles. The lowest BCUT2D eigenvalue weighted by Crippen LogP contribution is -2.34. The molecule has 1 atom stereocenters. The normalized spacial score (nSPS) is 16.7. The number of methoxy groups -OCH3 is 2. The lowest BCUT2D eigenvalue weighted by Gasteiger charge is -2.34. The van der Waals surface area contributed by atoms with E-state index in [1.807, 2.05) is 18.2 Å². The van der Waals surface area contributed by atoms with E-state index in [0.29, 0.717) is 16.5 Å². The zero-order chi connectivity index (χ0) is 18.1. The molecule has 4 rings (SSSR count). The third-order valence-corrected chi connectivity index (χ3v) is 5.95. The van der Waals surface area contributed by atoms with Crippen molar-refractivity contribution >= 4 is 16.3 Å². The van der Waals surface area contributed by atoms with E-state index >= 15 is 0 Å². The van der Waals surface area contributed by atoms with Crippen molar-refractivity contribution in [3.63, 3.8) is 0 Å². The van der Waals surface area contributed by atoms with Crippen molar-refractivity contribution in [1.29, 1.82) is 0 Å². The first-order chi connectivity index (χ1) is 12.7. The lowest BCUT2D eigenvalue weighted by molar-refractivity contribution is 0.186. The van der Waals surface area contributed by atoms with Crippen molar-refractivity contribution in [1.82, 2.24) is 19.5 Å². The van der Waals surface area contributed by atoms with Gasteiger partial charge >= 0.3 is 0 Å². The summed E-state index contributed by atoms with van der Waals surface area (Å²) in [6.45, 7) is 1.98. The Morgan fingerprint density at radius 1 is 1.12 bits per heavy atom. The maximum Gasteiger partial charge on any atom is 0.230 e. The van der Waals surface area contributed by atoms with Gasteiger partial charge in [-0.05, 0) is 43.6 Å². The average Bonchev–Trinajstić information content (AvgIpc) is 3.26.